The van der Waals surface area contributed by atoms with Crippen molar-refractivity contribution in [2.45, 2.75) is 12.6 Å². The molecule has 32 heavy (non-hydrogen) atoms. The number of halogens is 1. The Morgan fingerprint density at radius 2 is 2.03 bits per heavy atom. The number of benzene rings is 2. The van der Waals surface area contributed by atoms with Crippen molar-refractivity contribution in [1.29, 1.82) is 0 Å². The molecule has 1 aliphatic heterocycles. The molecular weight excluding hydrogens is 428 g/mol. The van der Waals surface area contributed by atoms with Crippen LogP contribution >= 0.6 is 11.6 Å². The zero-order valence-corrected chi connectivity index (χ0v) is 18.2. The minimum atomic E-state index is -0.321. The quantitative estimate of drug-likeness (QED) is 0.459. The van der Waals surface area contributed by atoms with Gasteiger partial charge in [0.15, 0.2) is 17.6 Å². The Bertz CT molecular complexity index is 1290. The molecule has 0 aliphatic carbocycles. The van der Waals surface area contributed by atoms with Crippen LogP contribution in [0.25, 0.3) is 10.9 Å². The van der Waals surface area contributed by atoms with Crippen molar-refractivity contribution in [2.75, 3.05) is 13.2 Å². The minimum absolute atomic E-state index is 0.139. The summed E-state index contributed by atoms with van der Waals surface area (Å²) in [6, 6.07) is 16.8. The van der Waals surface area contributed by atoms with Gasteiger partial charge in [0.1, 0.15) is 12.3 Å². The van der Waals surface area contributed by atoms with Crippen LogP contribution < -0.4 is 9.47 Å². The fourth-order valence-corrected chi connectivity index (χ4v) is 4.04. The van der Waals surface area contributed by atoms with Crippen LogP contribution in [-0.2, 0) is 13.6 Å². The molecule has 0 fully saturated rings. The average Bonchev–Trinajstić information content (AvgIpc) is 3.14. The molecule has 0 spiro atoms. The number of amides is 1. The second-order valence-electron chi connectivity index (χ2n) is 7.69. The first kappa shape index (κ1) is 20.3. The third-order valence-electron chi connectivity index (χ3n) is 5.32. The first-order valence-electron chi connectivity index (χ1n) is 10.3. The fourth-order valence-electron chi connectivity index (χ4n) is 3.80. The second kappa shape index (κ2) is 8.51. The summed E-state index contributed by atoms with van der Waals surface area (Å²) in [6.07, 6.45) is 3.13. The molecule has 1 atom stereocenters. The number of carbonyl (C=O) groups excluding carboxylic acids is 1. The summed E-state index contributed by atoms with van der Waals surface area (Å²) in [5, 5.41) is 5.83. The van der Waals surface area contributed by atoms with Crippen molar-refractivity contribution in [1.82, 2.24) is 19.7 Å². The molecule has 0 bridgehead atoms. The van der Waals surface area contributed by atoms with Crippen LogP contribution in [0.1, 0.15) is 16.1 Å². The summed E-state index contributed by atoms with van der Waals surface area (Å²) in [7, 11) is 1.80. The van der Waals surface area contributed by atoms with Gasteiger partial charge in [0.2, 0.25) is 0 Å². The number of rotatable bonds is 5. The maximum absolute atomic E-state index is 13.6. The van der Waals surface area contributed by atoms with Gasteiger partial charge in [-0.3, -0.25) is 14.5 Å². The van der Waals surface area contributed by atoms with Gasteiger partial charge in [-0.1, -0.05) is 29.8 Å². The maximum atomic E-state index is 13.6. The predicted molar refractivity (Wildman–Crippen MR) is 121 cm³/mol. The van der Waals surface area contributed by atoms with E-state index in [1.54, 1.807) is 35.1 Å². The normalized spacial score (nSPS) is 15.0. The van der Waals surface area contributed by atoms with Crippen LogP contribution in [0, 0.1) is 0 Å². The van der Waals surface area contributed by atoms with Gasteiger partial charge in [-0.25, -0.2) is 0 Å². The number of carbonyl (C=O) groups is 1. The van der Waals surface area contributed by atoms with E-state index in [1.165, 1.54) is 0 Å². The first-order chi connectivity index (χ1) is 15.6. The largest absolute Gasteiger partial charge is 0.486 e. The second-order valence-corrected chi connectivity index (χ2v) is 8.10. The molecule has 1 unspecified atom stereocenters. The van der Waals surface area contributed by atoms with E-state index in [1.807, 2.05) is 48.5 Å². The molecule has 0 radical (unpaired) electrons. The van der Waals surface area contributed by atoms with Gasteiger partial charge in [-0.05, 0) is 36.4 Å². The smallest absolute Gasteiger partial charge is 0.254 e. The number of aryl methyl sites for hydroxylation is 1. The van der Waals surface area contributed by atoms with Crippen LogP contribution in [0.5, 0.6) is 11.5 Å². The average molecular weight is 449 g/mol. The first-order valence-corrected chi connectivity index (χ1v) is 10.7. The highest BCUT2D eigenvalue weighted by Gasteiger charge is 2.27. The molecule has 0 saturated heterocycles. The Labute approximate surface area is 190 Å². The summed E-state index contributed by atoms with van der Waals surface area (Å²) < 4.78 is 13.6. The zero-order chi connectivity index (χ0) is 22.1. The number of aromatic nitrogens is 3. The topological polar surface area (TPSA) is 69.5 Å². The summed E-state index contributed by atoms with van der Waals surface area (Å²) in [4.78, 5) is 19.6. The lowest BCUT2D eigenvalue weighted by molar-refractivity contribution is 0.0441. The number of pyridine rings is 1. The monoisotopic (exact) mass is 448 g/mol. The molecule has 5 rings (SSSR count). The van der Waals surface area contributed by atoms with Crippen LogP contribution in [0.2, 0.25) is 5.02 Å². The SMILES string of the molecule is Cn1cc(Cl)c(CN(CC2COc3ccccc3O2)C(=O)c2ccc3ncccc3c2)n1. The Morgan fingerprint density at radius 3 is 2.84 bits per heavy atom. The number of fused-ring (bicyclic) bond motifs is 2. The fraction of sp³-hybridized carbons (Fsp3) is 0.208. The Hall–Kier alpha value is -3.58. The standard InChI is InChI=1S/C24H21ClN4O3/c1-28-13-19(25)21(27-28)14-29(12-18-15-31-22-6-2-3-7-23(22)32-18)24(30)17-8-9-20-16(11-17)5-4-10-26-20/h2-11,13,18H,12,14-15H2,1H3. The number of hydrogen-bond donors (Lipinski definition) is 0. The van der Waals surface area contributed by atoms with Crippen LogP contribution in [0.4, 0.5) is 0 Å². The van der Waals surface area contributed by atoms with Crippen molar-refractivity contribution in [3.63, 3.8) is 0 Å². The summed E-state index contributed by atoms with van der Waals surface area (Å²) >= 11 is 6.34. The van der Waals surface area contributed by atoms with Crippen molar-refractivity contribution in [3.8, 4) is 11.5 Å². The van der Waals surface area contributed by atoms with E-state index < -0.39 is 0 Å². The highest BCUT2D eigenvalue weighted by Crippen LogP contribution is 2.31. The Kier molecular flexibility index (Phi) is 5.41. The molecule has 0 N–H and O–H groups in total. The van der Waals surface area contributed by atoms with Crippen molar-refractivity contribution < 1.29 is 14.3 Å². The molecular formula is C24H21ClN4O3. The van der Waals surface area contributed by atoms with E-state index in [0.29, 0.717) is 40.9 Å². The molecule has 2 aromatic carbocycles. The van der Waals surface area contributed by atoms with Crippen LogP contribution in [0.15, 0.2) is 67.0 Å². The molecule has 4 aromatic rings. The van der Waals surface area contributed by atoms with Gasteiger partial charge in [-0.2, -0.15) is 5.10 Å². The third-order valence-corrected chi connectivity index (χ3v) is 5.64. The van der Waals surface area contributed by atoms with E-state index in [2.05, 4.69) is 10.1 Å². The van der Waals surface area contributed by atoms with Gasteiger partial charge < -0.3 is 14.4 Å². The summed E-state index contributed by atoms with van der Waals surface area (Å²) in [6.45, 7) is 0.925. The van der Waals surface area contributed by atoms with E-state index >= 15 is 0 Å². The number of nitrogens with zero attached hydrogens (tertiary/aromatic N) is 4. The van der Waals surface area contributed by atoms with E-state index in [-0.39, 0.29) is 18.6 Å². The Balaban J connectivity index is 1.43. The van der Waals surface area contributed by atoms with Crippen molar-refractivity contribution >= 4 is 28.4 Å². The summed E-state index contributed by atoms with van der Waals surface area (Å²) in [5.41, 5.74) is 2.03. The van der Waals surface area contributed by atoms with Gasteiger partial charge in [0.25, 0.3) is 5.91 Å². The highest BCUT2D eigenvalue weighted by molar-refractivity contribution is 6.31. The molecule has 162 valence electrons. The van der Waals surface area contributed by atoms with Gasteiger partial charge >= 0.3 is 0 Å². The van der Waals surface area contributed by atoms with Gasteiger partial charge in [0.05, 0.1) is 23.6 Å². The maximum Gasteiger partial charge on any atom is 0.254 e. The van der Waals surface area contributed by atoms with Gasteiger partial charge in [0, 0.05) is 30.4 Å². The van der Waals surface area contributed by atoms with Gasteiger partial charge in [-0.15, -0.1) is 0 Å². The lowest BCUT2D eigenvalue weighted by Gasteiger charge is -2.31. The lowest BCUT2D eigenvalue weighted by Crippen LogP contribution is -2.43. The molecule has 3 heterocycles. The predicted octanol–water partition coefficient (Wildman–Crippen LogP) is 4.10. The molecule has 0 saturated carbocycles. The van der Waals surface area contributed by atoms with Crippen LogP contribution in [-0.4, -0.2) is 44.8 Å². The van der Waals surface area contributed by atoms with Crippen molar-refractivity contribution in [2.24, 2.45) is 7.05 Å². The number of hydrogen-bond acceptors (Lipinski definition) is 5. The van der Waals surface area contributed by atoms with E-state index in [9.17, 15) is 4.79 Å². The number of ether oxygens (including phenoxy) is 2. The molecule has 1 aliphatic rings. The third kappa shape index (κ3) is 4.11. The molecule has 1 amide bonds. The highest BCUT2D eigenvalue weighted by atomic mass is 35.5. The molecule has 7 nitrogen and oxygen atoms in total. The van der Waals surface area contributed by atoms with E-state index in [4.69, 9.17) is 21.1 Å². The number of para-hydroxylation sites is 2. The summed E-state index contributed by atoms with van der Waals surface area (Å²) in [5.74, 6) is 1.24. The zero-order valence-electron chi connectivity index (χ0n) is 17.4. The molecule has 2 aromatic heterocycles. The minimum Gasteiger partial charge on any atom is -0.486 e. The molecule has 8 heteroatoms. The van der Waals surface area contributed by atoms with E-state index in [0.717, 1.165) is 10.9 Å². The van der Waals surface area contributed by atoms with Crippen LogP contribution in [0.3, 0.4) is 0 Å². The lowest BCUT2D eigenvalue weighted by atomic mass is 10.1. The van der Waals surface area contributed by atoms with Crippen molar-refractivity contribution in [3.05, 3.63) is 83.3 Å². The Morgan fingerprint density at radius 1 is 1.19 bits per heavy atom.